The van der Waals surface area contributed by atoms with Gasteiger partial charge in [0.15, 0.2) is 5.78 Å². The molecule has 4 heteroatoms. The number of piperazine rings is 1. The average molecular weight is 278 g/mol. The molecule has 0 radical (unpaired) electrons. The number of nitrogens with zero attached hydrogens (tertiary/aromatic N) is 1. The van der Waals surface area contributed by atoms with Crippen molar-refractivity contribution in [3.8, 4) is 0 Å². The van der Waals surface area contributed by atoms with E-state index in [1.807, 2.05) is 23.9 Å². The summed E-state index contributed by atoms with van der Waals surface area (Å²) in [6, 6.07) is 8.01. The molecule has 104 valence electrons. The quantitative estimate of drug-likeness (QED) is 0.661. The molecule has 1 saturated heterocycles. The van der Waals surface area contributed by atoms with Crippen molar-refractivity contribution < 1.29 is 4.79 Å². The summed E-state index contributed by atoms with van der Waals surface area (Å²) < 4.78 is 0. The van der Waals surface area contributed by atoms with Gasteiger partial charge in [0.05, 0.1) is 6.54 Å². The van der Waals surface area contributed by atoms with E-state index in [4.69, 9.17) is 0 Å². The van der Waals surface area contributed by atoms with Gasteiger partial charge in [-0.3, -0.25) is 9.69 Å². The molecule has 0 amide bonds. The molecule has 0 atom stereocenters. The zero-order valence-electron chi connectivity index (χ0n) is 11.7. The first-order chi connectivity index (χ1) is 9.15. The van der Waals surface area contributed by atoms with Crippen LogP contribution in [0.1, 0.15) is 24.2 Å². The highest BCUT2D eigenvalue weighted by Gasteiger charge is 2.14. The standard InChI is InChI=1S/C15H22N2OS/c1-12(2)19-14-5-3-13(4-6-14)15(18)11-17-9-7-16-8-10-17/h3-6,12,16H,7-11H2,1-2H3. The summed E-state index contributed by atoms with van der Waals surface area (Å²) in [5.41, 5.74) is 0.826. The van der Waals surface area contributed by atoms with Crippen molar-refractivity contribution in [3.05, 3.63) is 29.8 Å². The maximum Gasteiger partial charge on any atom is 0.176 e. The van der Waals surface area contributed by atoms with Gasteiger partial charge in [0.25, 0.3) is 0 Å². The van der Waals surface area contributed by atoms with Crippen molar-refractivity contribution in [1.82, 2.24) is 10.2 Å². The molecule has 0 bridgehead atoms. The van der Waals surface area contributed by atoms with Gasteiger partial charge in [-0.15, -0.1) is 11.8 Å². The molecule has 0 saturated carbocycles. The predicted octanol–water partition coefficient (Wildman–Crippen LogP) is 2.28. The van der Waals surface area contributed by atoms with Crippen LogP contribution in [0.15, 0.2) is 29.2 Å². The van der Waals surface area contributed by atoms with Crippen LogP contribution < -0.4 is 5.32 Å². The number of rotatable bonds is 5. The van der Waals surface area contributed by atoms with Gasteiger partial charge in [-0.05, 0) is 12.1 Å². The molecule has 0 spiro atoms. The molecule has 1 N–H and O–H groups in total. The number of ketones is 1. The number of carbonyl (C=O) groups is 1. The first-order valence-electron chi connectivity index (χ1n) is 6.88. The molecule has 1 aromatic carbocycles. The van der Waals surface area contributed by atoms with E-state index in [0.717, 1.165) is 31.7 Å². The molecular formula is C15H22N2OS. The lowest BCUT2D eigenvalue weighted by Crippen LogP contribution is -2.45. The lowest BCUT2D eigenvalue weighted by molar-refractivity contribution is 0.0921. The van der Waals surface area contributed by atoms with Crippen LogP contribution in [0.25, 0.3) is 0 Å². The van der Waals surface area contributed by atoms with Crippen LogP contribution in [-0.4, -0.2) is 48.7 Å². The third-order valence-electron chi connectivity index (χ3n) is 3.12. The minimum atomic E-state index is 0.225. The number of thioether (sulfide) groups is 1. The molecular weight excluding hydrogens is 256 g/mol. The summed E-state index contributed by atoms with van der Waals surface area (Å²) >= 11 is 1.82. The Labute approximate surface area is 119 Å². The molecule has 1 heterocycles. The summed E-state index contributed by atoms with van der Waals surface area (Å²) in [7, 11) is 0. The second kappa shape index (κ2) is 7.08. The number of hydrogen-bond acceptors (Lipinski definition) is 4. The lowest BCUT2D eigenvalue weighted by Gasteiger charge is -2.26. The molecule has 3 nitrogen and oxygen atoms in total. The van der Waals surface area contributed by atoms with Crippen molar-refractivity contribution in [2.45, 2.75) is 24.0 Å². The lowest BCUT2D eigenvalue weighted by atomic mass is 10.1. The van der Waals surface area contributed by atoms with Gasteiger partial charge in [0.1, 0.15) is 0 Å². The van der Waals surface area contributed by atoms with Crippen molar-refractivity contribution in [2.24, 2.45) is 0 Å². The summed E-state index contributed by atoms with van der Waals surface area (Å²) in [6.45, 7) is 8.79. The van der Waals surface area contributed by atoms with E-state index in [1.165, 1.54) is 4.90 Å². The van der Waals surface area contributed by atoms with Crippen molar-refractivity contribution in [2.75, 3.05) is 32.7 Å². The van der Waals surface area contributed by atoms with Crippen LogP contribution in [0.2, 0.25) is 0 Å². The van der Waals surface area contributed by atoms with Crippen LogP contribution >= 0.6 is 11.8 Å². The van der Waals surface area contributed by atoms with Gasteiger partial charge < -0.3 is 5.32 Å². The highest BCUT2D eigenvalue weighted by molar-refractivity contribution is 7.99. The first kappa shape index (κ1) is 14.6. The van der Waals surface area contributed by atoms with Crippen LogP contribution in [0, 0.1) is 0 Å². The Hall–Kier alpha value is -0.840. The van der Waals surface area contributed by atoms with Crippen LogP contribution in [0.5, 0.6) is 0 Å². The van der Waals surface area contributed by atoms with Gasteiger partial charge in [-0.2, -0.15) is 0 Å². The zero-order valence-corrected chi connectivity index (χ0v) is 12.5. The number of nitrogens with one attached hydrogen (secondary N) is 1. The van der Waals surface area contributed by atoms with Gasteiger partial charge >= 0.3 is 0 Å². The van der Waals surface area contributed by atoms with E-state index in [0.29, 0.717) is 11.8 Å². The first-order valence-corrected chi connectivity index (χ1v) is 7.76. The van der Waals surface area contributed by atoms with E-state index in [2.05, 4.69) is 36.2 Å². The summed E-state index contributed by atoms with van der Waals surface area (Å²) in [5.74, 6) is 0.225. The summed E-state index contributed by atoms with van der Waals surface area (Å²) in [5, 5.41) is 3.87. The van der Waals surface area contributed by atoms with Gasteiger partial charge in [0, 0.05) is 41.9 Å². The fourth-order valence-electron chi connectivity index (χ4n) is 2.16. The van der Waals surface area contributed by atoms with E-state index >= 15 is 0 Å². The Balaban J connectivity index is 1.91. The Bertz CT molecular complexity index is 411. The number of hydrogen-bond donors (Lipinski definition) is 1. The highest BCUT2D eigenvalue weighted by atomic mass is 32.2. The maximum atomic E-state index is 12.2. The van der Waals surface area contributed by atoms with Gasteiger partial charge in [-0.1, -0.05) is 26.0 Å². The third kappa shape index (κ3) is 4.64. The largest absolute Gasteiger partial charge is 0.314 e. The van der Waals surface area contributed by atoms with Gasteiger partial charge in [0.2, 0.25) is 0 Å². The SMILES string of the molecule is CC(C)Sc1ccc(C(=O)CN2CCNCC2)cc1. The minimum absolute atomic E-state index is 0.225. The molecule has 1 fully saturated rings. The predicted molar refractivity (Wildman–Crippen MR) is 81.1 cm³/mol. The van der Waals surface area contributed by atoms with Crippen molar-refractivity contribution >= 4 is 17.5 Å². The second-order valence-electron chi connectivity index (χ2n) is 5.14. The van der Waals surface area contributed by atoms with Crippen LogP contribution in [-0.2, 0) is 0 Å². The number of carbonyl (C=O) groups excluding carboxylic acids is 1. The molecule has 1 aromatic rings. The second-order valence-corrected chi connectivity index (χ2v) is 6.79. The van der Waals surface area contributed by atoms with E-state index < -0.39 is 0 Å². The monoisotopic (exact) mass is 278 g/mol. The number of Topliss-reactive ketones (excluding diaryl/α,β-unsaturated/α-hetero) is 1. The topological polar surface area (TPSA) is 32.3 Å². The van der Waals surface area contributed by atoms with Crippen LogP contribution in [0.4, 0.5) is 0 Å². The van der Waals surface area contributed by atoms with E-state index in [9.17, 15) is 4.79 Å². The molecule has 1 aliphatic rings. The third-order valence-corrected chi connectivity index (χ3v) is 4.14. The molecule has 1 aliphatic heterocycles. The summed E-state index contributed by atoms with van der Waals surface area (Å²) in [6.07, 6.45) is 0. The molecule has 19 heavy (non-hydrogen) atoms. The molecule has 2 rings (SSSR count). The van der Waals surface area contributed by atoms with Crippen LogP contribution in [0.3, 0.4) is 0 Å². The normalized spacial score (nSPS) is 16.8. The van der Waals surface area contributed by atoms with E-state index in [-0.39, 0.29) is 5.78 Å². The Morgan fingerprint density at radius 2 is 1.89 bits per heavy atom. The fraction of sp³-hybridized carbons (Fsp3) is 0.533. The Morgan fingerprint density at radius 1 is 1.26 bits per heavy atom. The van der Waals surface area contributed by atoms with Gasteiger partial charge in [-0.25, -0.2) is 0 Å². The highest BCUT2D eigenvalue weighted by Crippen LogP contribution is 2.23. The molecule has 0 aromatic heterocycles. The van der Waals surface area contributed by atoms with Crippen molar-refractivity contribution in [3.63, 3.8) is 0 Å². The fourth-order valence-corrected chi connectivity index (χ4v) is 2.99. The Morgan fingerprint density at radius 3 is 2.47 bits per heavy atom. The molecule has 0 aliphatic carbocycles. The van der Waals surface area contributed by atoms with Crippen molar-refractivity contribution in [1.29, 1.82) is 0 Å². The smallest absolute Gasteiger partial charge is 0.176 e. The summed E-state index contributed by atoms with van der Waals surface area (Å²) in [4.78, 5) is 15.6. The van der Waals surface area contributed by atoms with E-state index in [1.54, 1.807) is 0 Å². The molecule has 0 unspecified atom stereocenters. The zero-order chi connectivity index (χ0) is 13.7. The maximum absolute atomic E-state index is 12.2. The minimum Gasteiger partial charge on any atom is -0.314 e. The number of benzene rings is 1. The Kier molecular flexibility index (Phi) is 5.43. The average Bonchev–Trinajstić information content (AvgIpc) is 2.40.